The van der Waals surface area contributed by atoms with Gasteiger partial charge in [-0.05, 0) is 12.8 Å². The van der Waals surface area contributed by atoms with Gasteiger partial charge in [0.1, 0.15) is 12.7 Å². The van der Waals surface area contributed by atoms with Crippen LogP contribution in [-0.2, 0) is 19.0 Å². The van der Waals surface area contributed by atoms with Crippen LogP contribution in [0.2, 0.25) is 0 Å². The Hall–Kier alpha value is -0.650. The molecule has 1 aliphatic carbocycles. The molecule has 1 rings (SSSR count). The highest BCUT2D eigenvalue weighted by Gasteiger charge is 2.25. The van der Waals surface area contributed by atoms with Gasteiger partial charge in [0.2, 0.25) is 0 Å². The summed E-state index contributed by atoms with van der Waals surface area (Å²) in [5, 5.41) is 0. The molecule has 0 heterocycles. The first kappa shape index (κ1) is 11.4. The van der Waals surface area contributed by atoms with E-state index < -0.39 is 0 Å². The molecule has 0 amide bonds. The number of carbonyl (C=O) groups excluding carboxylic acids is 1. The van der Waals surface area contributed by atoms with E-state index in [2.05, 4.69) is 0 Å². The Morgan fingerprint density at radius 2 is 1.93 bits per heavy atom. The third-order valence-corrected chi connectivity index (χ3v) is 1.68. The first-order chi connectivity index (χ1) is 6.83. The molecule has 0 aromatic rings. The Morgan fingerprint density at radius 3 is 2.57 bits per heavy atom. The van der Waals surface area contributed by atoms with E-state index in [-0.39, 0.29) is 18.7 Å². The van der Waals surface area contributed by atoms with E-state index in [1.165, 1.54) is 0 Å². The van der Waals surface area contributed by atoms with Gasteiger partial charge in [-0.25, -0.2) is 4.79 Å². The molecule has 0 aliphatic heterocycles. The molecule has 5 nitrogen and oxygen atoms in total. The van der Waals surface area contributed by atoms with Crippen molar-refractivity contribution in [2.45, 2.75) is 18.9 Å². The minimum Gasteiger partial charge on any atom is -0.461 e. The second-order valence-electron chi connectivity index (χ2n) is 3.14. The third-order valence-electron chi connectivity index (χ3n) is 1.68. The smallest absolute Gasteiger partial charge is 0.332 e. The Bertz CT molecular complexity index is 170. The number of carbonyl (C=O) groups is 1. The van der Waals surface area contributed by atoms with Crippen molar-refractivity contribution in [3.63, 3.8) is 0 Å². The summed E-state index contributed by atoms with van der Waals surface area (Å²) in [5.41, 5.74) is 5.21. The summed E-state index contributed by atoms with van der Waals surface area (Å²) in [7, 11) is 0. The first-order valence-electron chi connectivity index (χ1n) is 4.88. The molecule has 0 aromatic heterocycles. The molecular weight excluding hydrogens is 186 g/mol. The van der Waals surface area contributed by atoms with Crippen LogP contribution in [-0.4, -0.2) is 45.0 Å². The van der Waals surface area contributed by atoms with Crippen LogP contribution in [0.5, 0.6) is 0 Å². The van der Waals surface area contributed by atoms with Gasteiger partial charge in [-0.3, -0.25) is 0 Å². The van der Waals surface area contributed by atoms with E-state index in [1.54, 1.807) is 0 Å². The summed E-state index contributed by atoms with van der Waals surface area (Å²) in [6, 6.07) is 0. The topological polar surface area (TPSA) is 70.8 Å². The second kappa shape index (κ2) is 6.75. The third kappa shape index (κ3) is 5.90. The SMILES string of the molecule is NCCOCCOCC(=O)OC1CC1. The van der Waals surface area contributed by atoms with Gasteiger partial charge >= 0.3 is 5.97 Å². The van der Waals surface area contributed by atoms with Gasteiger partial charge < -0.3 is 19.9 Å². The van der Waals surface area contributed by atoms with Crippen LogP contribution in [0.15, 0.2) is 0 Å². The number of nitrogens with two attached hydrogens (primary N) is 1. The van der Waals surface area contributed by atoms with Crippen LogP contribution >= 0.6 is 0 Å². The van der Waals surface area contributed by atoms with Crippen LogP contribution in [0.3, 0.4) is 0 Å². The number of hydrogen-bond donors (Lipinski definition) is 1. The Balaban J connectivity index is 1.80. The standard InChI is InChI=1S/C9H17NO4/c10-3-4-12-5-6-13-7-9(11)14-8-1-2-8/h8H,1-7,10H2. The van der Waals surface area contributed by atoms with Gasteiger partial charge in [-0.15, -0.1) is 0 Å². The molecule has 5 heteroatoms. The minimum absolute atomic E-state index is 0.0164. The molecule has 2 N–H and O–H groups in total. The summed E-state index contributed by atoms with van der Waals surface area (Å²) < 4.78 is 15.1. The molecule has 0 bridgehead atoms. The van der Waals surface area contributed by atoms with Crippen molar-refractivity contribution in [3.8, 4) is 0 Å². The molecule has 14 heavy (non-hydrogen) atoms. The normalized spacial score (nSPS) is 15.5. The zero-order chi connectivity index (χ0) is 10.2. The minimum atomic E-state index is -0.286. The van der Waals surface area contributed by atoms with Crippen molar-refractivity contribution in [1.82, 2.24) is 0 Å². The van der Waals surface area contributed by atoms with E-state index in [9.17, 15) is 4.79 Å². The van der Waals surface area contributed by atoms with Crippen LogP contribution in [0.4, 0.5) is 0 Å². The van der Waals surface area contributed by atoms with E-state index in [4.69, 9.17) is 19.9 Å². The highest BCUT2D eigenvalue weighted by molar-refractivity contribution is 5.71. The molecule has 0 aromatic carbocycles. The molecule has 82 valence electrons. The van der Waals surface area contributed by atoms with Crippen LogP contribution in [0, 0.1) is 0 Å². The summed E-state index contributed by atoms with van der Waals surface area (Å²) in [4.78, 5) is 11.0. The molecular formula is C9H17NO4. The van der Waals surface area contributed by atoms with Crippen molar-refractivity contribution in [3.05, 3.63) is 0 Å². The molecule has 1 fully saturated rings. The lowest BCUT2D eigenvalue weighted by atomic mass is 10.6. The van der Waals surface area contributed by atoms with E-state index in [0.717, 1.165) is 12.8 Å². The van der Waals surface area contributed by atoms with Crippen molar-refractivity contribution in [2.75, 3.05) is 33.0 Å². The number of ether oxygens (including phenoxy) is 3. The van der Waals surface area contributed by atoms with Gasteiger partial charge in [-0.1, -0.05) is 0 Å². The molecule has 1 saturated carbocycles. The summed E-state index contributed by atoms with van der Waals surface area (Å²) >= 11 is 0. The Kier molecular flexibility index (Phi) is 5.51. The fourth-order valence-electron chi connectivity index (χ4n) is 0.865. The van der Waals surface area contributed by atoms with Gasteiger partial charge in [-0.2, -0.15) is 0 Å². The maximum absolute atomic E-state index is 11.0. The first-order valence-corrected chi connectivity index (χ1v) is 4.88. The number of rotatable bonds is 8. The van der Waals surface area contributed by atoms with Crippen LogP contribution < -0.4 is 5.73 Å². The summed E-state index contributed by atoms with van der Waals surface area (Å²) in [5.74, 6) is -0.286. The van der Waals surface area contributed by atoms with Crippen molar-refractivity contribution < 1.29 is 19.0 Å². The predicted octanol–water partition coefficient (Wildman–Crippen LogP) is -0.316. The molecule has 0 atom stereocenters. The average molecular weight is 203 g/mol. The molecule has 0 spiro atoms. The maximum atomic E-state index is 11.0. The van der Waals surface area contributed by atoms with Crippen LogP contribution in [0.1, 0.15) is 12.8 Å². The summed E-state index contributed by atoms with van der Waals surface area (Å²) in [6.45, 7) is 1.91. The maximum Gasteiger partial charge on any atom is 0.332 e. The molecule has 1 aliphatic rings. The van der Waals surface area contributed by atoms with Crippen molar-refractivity contribution in [2.24, 2.45) is 5.73 Å². The second-order valence-corrected chi connectivity index (χ2v) is 3.14. The summed E-state index contributed by atoms with van der Waals surface area (Å²) in [6.07, 6.45) is 2.14. The van der Waals surface area contributed by atoms with Gasteiger partial charge in [0.25, 0.3) is 0 Å². The van der Waals surface area contributed by atoms with Gasteiger partial charge in [0.15, 0.2) is 0 Å². The zero-order valence-electron chi connectivity index (χ0n) is 8.24. The van der Waals surface area contributed by atoms with Gasteiger partial charge in [0.05, 0.1) is 19.8 Å². The largest absolute Gasteiger partial charge is 0.461 e. The Labute approximate surface area is 83.5 Å². The van der Waals surface area contributed by atoms with Gasteiger partial charge in [0, 0.05) is 6.54 Å². The number of hydrogen-bond acceptors (Lipinski definition) is 5. The fraction of sp³-hybridized carbons (Fsp3) is 0.889. The lowest BCUT2D eigenvalue weighted by Gasteiger charge is -2.04. The lowest BCUT2D eigenvalue weighted by molar-refractivity contribution is -0.150. The predicted molar refractivity (Wildman–Crippen MR) is 49.8 cm³/mol. The number of esters is 1. The monoisotopic (exact) mass is 203 g/mol. The highest BCUT2D eigenvalue weighted by Crippen LogP contribution is 2.23. The van der Waals surface area contributed by atoms with Crippen molar-refractivity contribution >= 4 is 5.97 Å². The van der Waals surface area contributed by atoms with E-state index in [1.807, 2.05) is 0 Å². The van der Waals surface area contributed by atoms with E-state index >= 15 is 0 Å². The van der Waals surface area contributed by atoms with Crippen molar-refractivity contribution in [1.29, 1.82) is 0 Å². The quantitative estimate of drug-likeness (QED) is 0.432. The molecule has 0 radical (unpaired) electrons. The lowest BCUT2D eigenvalue weighted by Crippen LogP contribution is -2.17. The highest BCUT2D eigenvalue weighted by atomic mass is 16.6. The van der Waals surface area contributed by atoms with Crippen LogP contribution in [0.25, 0.3) is 0 Å². The average Bonchev–Trinajstić information content (AvgIpc) is 2.95. The molecule has 0 unspecified atom stereocenters. The fourth-order valence-corrected chi connectivity index (χ4v) is 0.865. The molecule has 0 saturated heterocycles. The zero-order valence-corrected chi connectivity index (χ0v) is 8.24. The Morgan fingerprint density at radius 1 is 1.21 bits per heavy atom. The van der Waals surface area contributed by atoms with E-state index in [0.29, 0.717) is 26.4 Å².